The van der Waals surface area contributed by atoms with Gasteiger partial charge in [0.15, 0.2) is 31.1 Å². The molecule has 11 unspecified atom stereocenters. The minimum Gasteiger partial charge on any atom is -0.479 e. The summed E-state index contributed by atoms with van der Waals surface area (Å²) in [4.78, 5) is 40.3. The van der Waals surface area contributed by atoms with Gasteiger partial charge in [-0.1, -0.05) is 72.3 Å². The number of carbonyl (C=O) groups excluding carboxylic acids is 2. The molecular weight excluding hydrogens is 1040 g/mol. The largest absolute Gasteiger partial charge is 0.479 e. The second-order valence-electron chi connectivity index (χ2n) is 26.0. The van der Waals surface area contributed by atoms with Gasteiger partial charge in [0.25, 0.3) is 0 Å². The predicted molar refractivity (Wildman–Crippen MR) is 275 cm³/mol. The highest BCUT2D eigenvalue weighted by Crippen LogP contribution is 2.76. The minimum absolute atomic E-state index is 0.0232. The fourth-order valence-corrected chi connectivity index (χ4v) is 16.2. The minimum atomic E-state index is -2.10. The van der Waals surface area contributed by atoms with Crippen LogP contribution in [0.3, 0.4) is 0 Å². The first kappa shape index (κ1) is 62.0. The summed E-state index contributed by atoms with van der Waals surface area (Å²) in [5.41, 5.74) is -2.71. The number of carboxylic acids is 1. The summed E-state index contributed by atoms with van der Waals surface area (Å²) in [5, 5.41) is 121. The molecule has 0 amide bonds. The third kappa shape index (κ3) is 9.99. The highest BCUT2D eigenvalue weighted by atomic mass is 16.8. The van der Waals surface area contributed by atoms with Crippen molar-refractivity contribution in [2.75, 3.05) is 19.8 Å². The lowest BCUT2D eigenvalue weighted by Gasteiger charge is -2.72. The summed E-state index contributed by atoms with van der Waals surface area (Å²) < 4.78 is 49.2. The number of aliphatic hydroxyl groups excluding tert-OH is 10. The summed E-state index contributed by atoms with van der Waals surface area (Å²) in [7, 11) is 0. The van der Waals surface area contributed by atoms with Crippen molar-refractivity contribution in [2.45, 2.75) is 232 Å². The molecule has 3 saturated heterocycles. The average Bonchev–Trinajstić information content (AvgIpc) is 3.87. The lowest BCUT2D eigenvalue weighted by Crippen LogP contribution is -2.72. The van der Waals surface area contributed by atoms with E-state index >= 15 is 0 Å². The van der Waals surface area contributed by atoms with Gasteiger partial charge in [-0.25, -0.2) is 14.4 Å². The zero-order chi connectivity index (χ0) is 58.4. The molecule has 5 aliphatic carbocycles. The van der Waals surface area contributed by atoms with Gasteiger partial charge in [0.2, 0.25) is 0 Å². The van der Waals surface area contributed by atoms with Crippen molar-refractivity contribution in [3.63, 3.8) is 0 Å². The van der Waals surface area contributed by atoms with Gasteiger partial charge in [0.1, 0.15) is 67.1 Å². The van der Waals surface area contributed by atoms with Gasteiger partial charge in [0.05, 0.1) is 37.4 Å². The van der Waals surface area contributed by atoms with E-state index in [9.17, 15) is 70.6 Å². The molecular formula is C57H88O22. The number of fused-ring (bicyclic) bond motifs is 7. The van der Waals surface area contributed by atoms with Crippen LogP contribution in [0.4, 0.5) is 0 Å². The Morgan fingerprint density at radius 2 is 1.19 bits per heavy atom. The van der Waals surface area contributed by atoms with Crippen molar-refractivity contribution in [3.05, 3.63) is 34.9 Å². The molecule has 3 heterocycles. The third-order valence-corrected chi connectivity index (χ3v) is 21.3. The Hall–Kier alpha value is -3.01. The Morgan fingerprint density at radius 1 is 0.646 bits per heavy atom. The SMILES string of the molecule is C/C=C(/C)C(=O)O[C@H]1[C@H](OC(=O)/C(C)=C\C)[C@@]2(CO)C(CC1(C)C)C1=CCC3[C@@]4(C)CC[C@H](OC5OC(C(=O)O)[C@@H](O)C(O[C@@H]6O[C@@H](CO)C(O)C6O)[C@@H]5O[C@@H]5OC(CO)[C@H](O)C(O)C5O)C(C)(C)C4CC[C@@]3(C)[C@]1(C)C[C@H]2O. The lowest BCUT2D eigenvalue weighted by molar-refractivity contribution is -0.386. The van der Waals surface area contributed by atoms with E-state index < -0.39 is 181 Å². The molecule has 0 radical (unpaired) electrons. The van der Waals surface area contributed by atoms with E-state index in [1.165, 1.54) is 0 Å². The number of allylic oxidation sites excluding steroid dienone is 4. The smallest absolute Gasteiger partial charge is 0.335 e. The first-order chi connectivity index (χ1) is 36.9. The van der Waals surface area contributed by atoms with Gasteiger partial charge in [-0.15, -0.1) is 0 Å². The molecule has 0 spiro atoms. The van der Waals surface area contributed by atoms with Crippen LogP contribution in [-0.4, -0.2) is 204 Å². The van der Waals surface area contributed by atoms with Crippen LogP contribution in [0.15, 0.2) is 34.9 Å². The van der Waals surface area contributed by atoms with E-state index in [0.29, 0.717) is 49.7 Å². The maximum absolute atomic E-state index is 13.8. The fourth-order valence-electron chi connectivity index (χ4n) is 16.2. The number of carboxylic acid groups (broad SMARTS) is 1. The number of carbonyl (C=O) groups is 3. The lowest BCUT2D eigenvalue weighted by atomic mass is 9.33. The van der Waals surface area contributed by atoms with Crippen molar-refractivity contribution in [1.29, 1.82) is 0 Å². The van der Waals surface area contributed by atoms with E-state index in [1.54, 1.807) is 39.8 Å². The molecule has 25 atom stereocenters. The molecule has 7 fully saturated rings. The summed E-state index contributed by atoms with van der Waals surface area (Å²) in [6.07, 6.45) is -20.2. The van der Waals surface area contributed by atoms with Crippen LogP contribution >= 0.6 is 0 Å². The number of aliphatic hydroxyl groups is 10. The van der Waals surface area contributed by atoms with E-state index in [4.69, 9.17) is 37.9 Å². The molecule has 0 aromatic carbocycles. The molecule has 22 nitrogen and oxygen atoms in total. The Morgan fingerprint density at radius 3 is 1.73 bits per heavy atom. The molecule has 8 aliphatic rings. The van der Waals surface area contributed by atoms with E-state index in [1.807, 2.05) is 13.8 Å². The number of aliphatic carboxylic acids is 1. The molecule has 8 rings (SSSR count). The standard InChI is InChI=1S/C57H88O22/c1-12-25(3)47(70)78-44-45(79-48(71)26(4)13-2)57(24-60)28(20-52(44,5)6)27-14-15-32-54(9)18-17-34(53(7,8)31(54)16-19-55(32,10)56(27,11)21-33(57)61)74-51-43(77-50-39(66)37(64)35(62)29(22-58)72-50)41(40(67)42(76-51)46(68)69)75-49-38(65)36(63)30(23-59)73-49/h12-14,28-45,49-51,58-67H,15-24H2,1-11H3,(H,68,69)/b25-12-,26-13-/t28?,29?,30-,31?,32?,33+,34-,35-,36?,37?,38?,39?,40-,41?,42?,43-,44-,45-,49-,50-,51?,54-,55+,56+,57-/m0/s1. The first-order valence-electron chi connectivity index (χ1n) is 28.0. The van der Waals surface area contributed by atoms with Crippen molar-refractivity contribution in [3.8, 4) is 0 Å². The highest BCUT2D eigenvalue weighted by molar-refractivity contribution is 5.89. The second kappa shape index (κ2) is 22.5. The number of rotatable bonds is 14. The highest BCUT2D eigenvalue weighted by Gasteiger charge is 2.74. The third-order valence-electron chi connectivity index (χ3n) is 21.3. The van der Waals surface area contributed by atoms with Crippen LogP contribution in [0, 0.1) is 50.2 Å². The fraction of sp³-hybridized carbons (Fsp3) is 0.842. The van der Waals surface area contributed by atoms with Gasteiger partial charge in [-0.3, -0.25) is 0 Å². The van der Waals surface area contributed by atoms with E-state index in [0.717, 1.165) is 5.57 Å². The molecule has 3 aliphatic heterocycles. The van der Waals surface area contributed by atoms with E-state index in [-0.39, 0.29) is 23.7 Å². The molecule has 22 heteroatoms. The summed E-state index contributed by atoms with van der Waals surface area (Å²) in [6.45, 7) is 19.4. The second-order valence-corrected chi connectivity index (χ2v) is 26.0. The van der Waals surface area contributed by atoms with Gasteiger partial charge < -0.3 is 94.1 Å². The Labute approximate surface area is 461 Å². The summed E-state index contributed by atoms with van der Waals surface area (Å²) in [6, 6.07) is 0. The molecule has 0 bridgehead atoms. The number of esters is 2. The maximum Gasteiger partial charge on any atom is 0.335 e. The maximum atomic E-state index is 13.8. The van der Waals surface area contributed by atoms with Crippen molar-refractivity contribution < 1.29 is 108 Å². The Bertz CT molecular complexity index is 2350. The van der Waals surface area contributed by atoms with Gasteiger partial charge in [-0.05, 0) is 112 Å². The first-order valence-corrected chi connectivity index (χ1v) is 28.0. The van der Waals surface area contributed by atoms with E-state index in [2.05, 4.69) is 40.7 Å². The van der Waals surface area contributed by atoms with Crippen molar-refractivity contribution in [2.24, 2.45) is 50.2 Å². The van der Waals surface area contributed by atoms with Crippen LogP contribution in [-0.2, 0) is 52.3 Å². The molecule has 448 valence electrons. The number of hydrogen-bond acceptors (Lipinski definition) is 21. The van der Waals surface area contributed by atoms with Crippen LogP contribution < -0.4 is 0 Å². The zero-order valence-corrected chi connectivity index (χ0v) is 47.3. The number of ether oxygens (including phenoxy) is 8. The van der Waals surface area contributed by atoms with Crippen LogP contribution in [0.1, 0.15) is 121 Å². The van der Waals surface area contributed by atoms with Gasteiger partial charge in [-0.2, -0.15) is 0 Å². The normalized spacial score (nSPS) is 48.6. The Balaban J connectivity index is 1.12. The molecule has 0 aromatic rings. The van der Waals surface area contributed by atoms with Crippen LogP contribution in [0.2, 0.25) is 0 Å². The van der Waals surface area contributed by atoms with Gasteiger partial charge >= 0.3 is 17.9 Å². The molecule has 79 heavy (non-hydrogen) atoms. The Kier molecular flexibility index (Phi) is 17.7. The van der Waals surface area contributed by atoms with Crippen LogP contribution in [0.5, 0.6) is 0 Å². The topological polar surface area (TPSA) is 348 Å². The molecule has 4 saturated carbocycles. The number of hydrogen-bond donors (Lipinski definition) is 11. The zero-order valence-electron chi connectivity index (χ0n) is 47.3. The average molecular weight is 1130 g/mol. The van der Waals surface area contributed by atoms with Crippen LogP contribution in [0.25, 0.3) is 0 Å². The summed E-state index contributed by atoms with van der Waals surface area (Å²) in [5.74, 6) is -3.40. The van der Waals surface area contributed by atoms with Crippen molar-refractivity contribution in [1.82, 2.24) is 0 Å². The molecule has 0 aromatic heterocycles. The molecule has 11 N–H and O–H groups in total. The quantitative estimate of drug-likeness (QED) is 0.0505. The van der Waals surface area contributed by atoms with Crippen molar-refractivity contribution >= 4 is 17.9 Å². The van der Waals surface area contributed by atoms with Gasteiger partial charge in [0, 0.05) is 16.6 Å². The summed E-state index contributed by atoms with van der Waals surface area (Å²) >= 11 is 0. The predicted octanol–water partition coefficient (Wildman–Crippen LogP) is 1.29. The monoisotopic (exact) mass is 1120 g/mol.